The van der Waals surface area contributed by atoms with E-state index in [4.69, 9.17) is 10.00 Å². The predicted molar refractivity (Wildman–Crippen MR) is 82.1 cm³/mol. The van der Waals surface area contributed by atoms with Gasteiger partial charge < -0.3 is 15.2 Å². The van der Waals surface area contributed by atoms with Gasteiger partial charge in [0, 0.05) is 13.1 Å². The molecule has 4 heteroatoms. The SMILES string of the molecule is CC1(CNCC(O)COc2ccc(C#N)cc2)CCCC1. The Morgan fingerprint density at radius 1 is 1.33 bits per heavy atom. The molecule has 0 radical (unpaired) electrons. The van der Waals surface area contributed by atoms with Crippen molar-refractivity contribution in [2.24, 2.45) is 5.41 Å². The van der Waals surface area contributed by atoms with E-state index in [0.29, 0.717) is 23.3 Å². The van der Waals surface area contributed by atoms with Gasteiger partial charge in [0.25, 0.3) is 0 Å². The molecule has 1 aromatic rings. The Bertz CT molecular complexity index is 473. The van der Waals surface area contributed by atoms with Gasteiger partial charge in [-0.25, -0.2) is 0 Å². The number of hydrogen-bond acceptors (Lipinski definition) is 4. The number of aliphatic hydroxyl groups is 1. The van der Waals surface area contributed by atoms with Crippen LogP contribution in [0.25, 0.3) is 0 Å². The minimum absolute atomic E-state index is 0.260. The van der Waals surface area contributed by atoms with Crippen LogP contribution in [0.2, 0.25) is 0 Å². The van der Waals surface area contributed by atoms with Crippen molar-refractivity contribution in [3.63, 3.8) is 0 Å². The summed E-state index contributed by atoms with van der Waals surface area (Å²) >= 11 is 0. The van der Waals surface area contributed by atoms with Crippen molar-refractivity contribution in [1.82, 2.24) is 5.32 Å². The fourth-order valence-electron chi connectivity index (χ4n) is 2.82. The van der Waals surface area contributed by atoms with Gasteiger partial charge in [-0.2, -0.15) is 5.26 Å². The first-order valence-electron chi connectivity index (χ1n) is 7.63. The van der Waals surface area contributed by atoms with Gasteiger partial charge in [-0.3, -0.25) is 0 Å². The van der Waals surface area contributed by atoms with E-state index >= 15 is 0 Å². The van der Waals surface area contributed by atoms with Crippen molar-refractivity contribution >= 4 is 0 Å². The minimum atomic E-state index is -0.523. The minimum Gasteiger partial charge on any atom is -0.491 e. The first-order valence-corrected chi connectivity index (χ1v) is 7.63. The number of rotatable bonds is 7. The highest BCUT2D eigenvalue weighted by Gasteiger charge is 2.28. The van der Waals surface area contributed by atoms with E-state index in [0.717, 1.165) is 6.54 Å². The summed E-state index contributed by atoms with van der Waals surface area (Å²) in [6.45, 7) is 4.08. The lowest BCUT2D eigenvalue weighted by molar-refractivity contribution is 0.103. The summed E-state index contributed by atoms with van der Waals surface area (Å²) in [5.74, 6) is 0.677. The highest BCUT2D eigenvalue weighted by Crippen LogP contribution is 2.36. The largest absolute Gasteiger partial charge is 0.491 e. The summed E-state index contributed by atoms with van der Waals surface area (Å²) in [5.41, 5.74) is 1.00. The highest BCUT2D eigenvalue weighted by molar-refractivity contribution is 5.34. The van der Waals surface area contributed by atoms with Crippen LogP contribution in [0.15, 0.2) is 24.3 Å². The molecule has 0 bridgehead atoms. The monoisotopic (exact) mass is 288 g/mol. The quantitative estimate of drug-likeness (QED) is 0.809. The molecule has 4 nitrogen and oxygen atoms in total. The van der Waals surface area contributed by atoms with Crippen LogP contribution in [0.5, 0.6) is 5.75 Å². The lowest BCUT2D eigenvalue weighted by atomic mass is 9.89. The van der Waals surface area contributed by atoms with E-state index in [1.165, 1.54) is 25.7 Å². The Kier molecular flexibility index (Phi) is 5.60. The maximum absolute atomic E-state index is 9.93. The average molecular weight is 288 g/mol. The number of benzene rings is 1. The van der Waals surface area contributed by atoms with Crippen LogP contribution >= 0.6 is 0 Å². The van der Waals surface area contributed by atoms with Crippen molar-refractivity contribution in [2.45, 2.75) is 38.7 Å². The second-order valence-electron chi connectivity index (χ2n) is 6.25. The van der Waals surface area contributed by atoms with Crippen molar-refractivity contribution in [2.75, 3.05) is 19.7 Å². The van der Waals surface area contributed by atoms with E-state index in [1.54, 1.807) is 24.3 Å². The number of hydrogen-bond donors (Lipinski definition) is 2. The van der Waals surface area contributed by atoms with Crippen LogP contribution < -0.4 is 10.1 Å². The number of nitrogens with one attached hydrogen (secondary N) is 1. The van der Waals surface area contributed by atoms with Gasteiger partial charge in [0.15, 0.2) is 0 Å². The van der Waals surface area contributed by atoms with Gasteiger partial charge in [0.2, 0.25) is 0 Å². The maximum Gasteiger partial charge on any atom is 0.119 e. The zero-order chi connectivity index (χ0) is 15.1. The number of nitrogens with zero attached hydrogens (tertiary/aromatic N) is 1. The molecule has 0 saturated heterocycles. The van der Waals surface area contributed by atoms with Gasteiger partial charge in [-0.1, -0.05) is 19.8 Å². The lowest BCUT2D eigenvalue weighted by Crippen LogP contribution is -2.37. The molecule has 0 aromatic heterocycles. The van der Waals surface area contributed by atoms with Crippen LogP contribution in [0.3, 0.4) is 0 Å². The van der Waals surface area contributed by atoms with E-state index in [2.05, 4.69) is 18.3 Å². The third-order valence-corrected chi connectivity index (χ3v) is 4.17. The Morgan fingerprint density at radius 3 is 2.62 bits per heavy atom. The smallest absolute Gasteiger partial charge is 0.119 e. The van der Waals surface area contributed by atoms with E-state index < -0.39 is 6.10 Å². The summed E-state index contributed by atoms with van der Waals surface area (Å²) in [4.78, 5) is 0. The third kappa shape index (κ3) is 5.04. The van der Waals surface area contributed by atoms with Crippen LogP contribution in [0.4, 0.5) is 0 Å². The first kappa shape index (κ1) is 15.8. The van der Waals surface area contributed by atoms with Crippen LogP contribution in [-0.2, 0) is 0 Å². The molecule has 21 heavy (non-hydrogen) atoms. The van der Waals surface area contributed by atoms with E-state index in [1.807, 2.05) is 0 Å². The topological polar surface area (TPSA) is 65.3 Å². The van der Waals surface area contributed by atoms with Gasteiger partial charge in [-0.05, 0) is 42.5 Å². The van der Waals surface area contributed by atoms with Crippen LogP contribution in [0.1, 0.15) is 38.2 Å². The normalized spacial score (nSPS) is 18.1. The summed E-state index contributed by atoms with van der Waals surface area (Å²) in [6.07, 6.45) is 4.67. The molecule has 0 amide bonds. The molecule has 1 saturated carbocycles. The highest BCUT2D eigenvalue weighted by atomic mass is 16.5. The molecule has 1 unspecified atom stereocenters. The molecule has 1 aromatic carbocycles. The Morgan fingerprint density at radius 2 is 2.00 bits per heavy atom. The second kappa shape index (κ2) is 7.44. The summed E-state index contributed by atoms with van der Waals surface area (Å²) in [6, 6.07) is 8.98. The fraction of sp³-hybridized carbons (Fsp3) is 0.588. The fourth-order valence-corrected chi connectivity index (χ4v) is 2.82. The predicted octanol–water partition coefficient (Wildman–Crippen LogP) is 2.47. The molecular weight excluding hydrogens is 264 g/mol. The Hall–Kier alpha value is -1.57. The number of ether oxygens (including phenoxy) is 1. The molecule has 0 heterocycles. The summed E-state index contributed by atoms with van der Waals surface area (Å²) in [5, 5.41) is 22.0. The van der Waals surface area contributed by atoms with Crippen LogP contribution in [0, 0.1) is 16.7 Å². The van der Waals surface area contributed by atoms with Gasteiger partial charge in [0.05, 0.1) is 11.6 Å². The molecule has 0 spiro atoms. The first-order chi connectivity index (χ1) is 10.1. The van der Waals surface area contributed by atoms with E-state index in [9.17, 15) is 5.11 Å². The van der Waals surface area contributed by atoms with E-state index in [-0.39, 0.29) is 6.61 Å². The third-order valence-electron chi connectivity index (χ3n) is 4.17. The Labute approximate surface area is 126 Å². The molecule has 1 aliphatic rings. The van der Waals surface area contributed by atoms with Crippen molar-refractivity contribution in [3.8, 4) is 11.8 Å². The standard InChI is InChI=1S/C17H24N2O2/c1-17(8-2-3-9-17)13-19-11-15(20)12-21-16-6-4-14(10-18)5-7-16/h4-7,15,19-20H,2-3,8-9,11-13H2,1H3. The molecule has 1 aliphatic carbocycles. The molecule has 1 fully saturated rings. The Balaban J connectivity index is 1.65. The van der Waals surface area contributed by atoms with Crippen LogP contribution in [-0.4, -0.2) is 30.9 Å². The molecule has 1 atom stereocenters. The molecule has 114 valence electrons. The molecule has 2 rings (SSSR count). The van der Waals surface area contributed by atoms with Gasteiger partial charge in [-0.15, -0.1) is 0 Å². The van der Waals surface area contributed by atoms with Crippen molar-refractivity contribution < 1.29 is 9.84 Å². The van der Waals surface area contributed by atoms with Crippen molar-refractivity contribution in [1.29, 1.82) is 5.26 Å². The molecule has 2 N–H and O–H groups in total. The van der Waals surface area contributed by atoms with Gasteiger partial charge in [0.1, 0.15) is 18.5 Å². The number of nitriles is 1. The number of aliphatic hydroxyl groups excluding tert-OH is 1. The average Bonchev–Trinajstić information content (AvgIpc) is 2.92. The van der Waals surface area contributed by atoms with Crippen molar-refractivity contribution in [3.05, 3.63) is 29.8 Å². The molecule has 0 aliphatic heterocycles. The molecular formula is C17H24N2O2. The van der Waals surface area contributed by atoms with Gasteiger partial charge >= 0.3 is 0 Å². The summed E-state index contributed by atoms with van der Waals surface area (Å²) < 4.78 is 5.52. The lowest BCUT2D eigenvalue weighted by Gasteiger charge is -2.24. The zero-order valence-electron chi connectivity index (χ0n) is 12.6. The summed E-state index contributed by atoms with van der Waals surface area (Å²) in [7, 11) is 0. The zero-order valence-corrected chi connectivity index (χ0v) is 12.6. The maximum atomic E-state index is 9.93. The second-order valence-corrected chi connectivity index (χ2v) is 6.25.